The van der Waals surface area contributed by atoms with Gasteiger partial charge in [0.15, 0.2) is 0 Å². The molecule has 0 saturated heterocycles. The predicted octanol–water partition coefficient (Wildman–Crippen LogP) is 0.818. The maximum atomic E-state index is 11.3. The molecule has 0 bridgehead atoms. The predicted molar refractivity (Wildman–Crippen MR) is 54.6 cm³/mol. The van der Waals surface area contributed by atoms with E-state index in [1.807, 2.05) is 0 Å². The van der Waals surface area contributed by atoms with Crippen molar-refractivity contribution in [2.24, 2.45) is 0 Å². The van der Waals surface area contributed by atoms with Gasteiger partial charge in [0.2, 0.25) is 0 Å². The molecule has 0 aromatic rings. The molecule has 0 fully saturated rings. The highest BCUT2D eigenvalue weighted by Gasteiger charge is 2.24. The molecule has 0 aliphatic carbocycles. The highest BCUT2D eigenvalue weighted by atomic mass is 79.9. The lowest BCUT2D eigenvalue weighted by Gasteiger charge is -2.21. The second kappa shape index (κ2) is 3.74. The van der Waals surface area contributed by atoms with E-state index in [2.05, 4.69) is 21.2 Å². The van der Waals surface area contributed by atoms with Crippen LogP contribution in [0.1, 0.15) is 0 Å². The van der Waals surface area contributed by atoms with Crippen molar-refractivity contribution in [2.75, 3.05) is 14.1 Å². The van der Waals surface area contributed by atoms with Crippen LogP contribution in [0.5, 0.6) is 0 Å². The Morgan fingerprint density at radius 3 is 2.85 bits per heavy atom. The van der Waals surface area contributed by atoms with Crippen LogP contribution in [0.25, 0.3) is 0 Å². The van der Waals surface area contributed by atoms with Crippen LogP contribution in [-0.2, 0) is 4.79 Å². The van der Waals surface area contributed by atoms with Gasteiger partial charge in [-0.3, -0.25) is 10.2 Å². The first-order valence-corrected chi connectivity index (χ1v) is 4.48. The van der Waals surface area contributed by atoms with E-state index < -0.39 is 0 Å². The van der Waals surface area contributed by atoms with E-state index in [9.17, 15) is 4.79 Å². The Morgan fingerprint density at radius 1 is 1.69 bits per heavy atom. The van der Waals surface area contributed by atoms with Crippen molar-refractivity contribution in [1.82, 2.24) is 10.2 Å². The maximum Gasteiger partial charge on any atom is 0.276 e. The molecule has 0 saturated carbocycles. The lowest BCUT2D eigenvalue weighted by Crippen LogP contribution is -2.34. The molecular formula is C8H10BrN3O. The van der Waals surface area contributed by atoms with E-state index in [1.165, 1.54) is 4.90 Å². The third kappa shape index (κ3) is 1.80. The van der Waals surface area contributed by atoms with Gasteiger partial charge >= 0.3 is 0 Å². The van der Waals surface area contributed by atoms with Crippen molar-refractivity contribution in [3.8, 4) is 0 Å². The molecule has 70 valence electrons. The fourth-order valence-corrected chi connectivity index (χ4v) is 1.61. The Labute approximate surface area is 84.9 Å². The van der Waals surface area contributed by atoms with Gasteiger partial charge in [0, 0.05) is 36.6 Å². The first-order valence-electron chi connectivity index (χ1n) is 3.69. The van der Waals surface area contributed by atoms with Crippen LogP contribution in [-0.4, -0.2) is 30.6 Å². The second-order valence-corrected chi connectivity index (χ2v) is 3.47. The van der Waals surface area contributed by atoms with Crippen LogP contribution >= 0.6 is 15.9 Å². The molecule has 0 aromatic carbocycles. The molecule has 2 N–H and O–H groups in total. The zero-order valence-corrected chi connectivity index (χ0v) is 8.97. The fraction of sp³-hybridized carbons (Fsp3) is 0.250. The summed E-state index contributed by atoms with van der Waals surface area (Å²) in [6.45, 7) is 0. The maximum absolute atomic E-state index is 11.3. The number of hydrogen-bond donors (Lipinski definition) is 2. The summed E-state index contributed by atoms with van der Waals surface area (Å²) >= 11 is 3.28. The van der Waals surface area contributed by atoms with Gasteiger partial charge in [-0.05, 0) is 15.9 Å². The number of rotatable bonds is 1. The molecule has 1 aliphatic rings. The quantitative estimate of drug-likeness (QED) is 0.717. The van der Waals surface area contributed by atoms with Crippen molar-refractivity contribution in [3.05, 3.63) is 22.5 Å². The molecule has 1 aliphatic heterocycles. The highest BCUT2D eigenvalue weighted by Crippen LogP contribution is 2.23. The van der Waals surface area contributed by atoms with Gasteiger partial charge < -0.3 is 10.2 Å². The number of halogens is 1. The molecule has 0 unspecified atom stereocenters. The highest BCUT2D eigenvalue weighted by molar-refractivity contribution is 9.12. The Hall–Kier alpha value is -1.10. The number of hydrogen-bond acceptors (Lipinski definition) is 3. The van der Waals surface area contributed by atoms with Gasteiger partial charge in [0.1, 0.15) is 5.71 Å². The van der Waals surface area contributed by atoms with Crippen molar-refractivity contribution in [1.29, 1.82) is 5.41 Å². The minimum Gasteiger partial charge on any atom is -0.393 e. The summed E-state index contributed by atoms with van der Waals surface area (Å²) in [5.41, 5.74) is 0.567. The Kier molecular flexibility index (Phi) is 2.87. The summed E-state index contributed by atoms with van der Waals surface area (Å²) in [6, 6.07) is 0. The summed E-state index contributed by atoms with van der Waals surface area (Å²) in [5, 5.41) is 10.3. The molecule has 1 heterocycles. The zero-order valence-electron chi connectivity index (χ0n) is 7.39. The van der Waals surface area contributed by atoms with Crippen LogP contribution in [0.15, 0.2) is 22.5 Å². The van der Waals surface area contributed by atoms with Crippen LogP contribution in [0.3, 0.4) is 0 Å². The van der Waals surface area contributed by atoms with Gasteiger partial charge in [0.05, 0.1) is 0 Å². The lowest BCUT2D eigenvalue weighted by atomic mass is 10.1. The largest absolute Gasteiger partial charge is 0.393 e. The zero-order chi connectivity index (χ0) is 10.0. The average Bonchev–Trinajstić information content (AvgIpc) is 2.09. The Bertz CT molecular complexity index is 319. The van der Waals surface area contributed by atoms with Crippen LogP contribution < -0.4 is 5.32 Å². The van der Waals surface area contributed by atoms with Crippen molar-refractivity contribution in [2.45, 2.75) is 0 Å². The topological polar surface area (TPSA) is 56.2 Å². The van der Waals surface area contributed by atoms with E-state index in [0.29, 0.717) is 5.57 Å². The third-order valence-electron chi connectivity index (χ3n) is 1.66. The number of amides is 1. The first-order chi connectivity index (χ1) is 6.07. The van der Waals surface area contributed by atoms with Crippen molar-refractivity contribution < 1.29 is 4.79 Å². The minimum atomic E-state index is -0.301. The Morgan fingerprint density at radius 2 is 2.31 bits per heavy atom. The summed E-state index contributed by atoms with van der Waals surface area (Å²) < 4.78 is 0.731. The van der Waals surface area contributed by atoms with E-state index in [0.717, 1.165) is 4.48 Å². The van der Waals surface area contributed by atoms with Crippen LogP contribution in [0.2, 0.25) is 0 Å². The first kappa shape index (κ1) is 9.98. The fourth-order valence-electron chi connectivity index (χ4n) is 0.995. The normalized spacial score (nSPS) is 20.7. The molecule has 0 aromatic heterocycles. The van der Waals surface area contributed by atoms with E-state index in [1.54, 1.807) is 26.5 Å². The minimum absolute atomic E-state index is 0.00812. The van der Waals surface area contributed by atoms with Crippen molar-refractivity contribution in [3.63, 3.8) is 0 Å². The summed E-state index contributed by atoms with van der Waals surface area (Å²) in [5.74, 6) is -0.301. The van der Waals surface area contributed by atoms with Crippen LogP contribution in [0.4, 0.5) is 0 Å². The lowest BCUT2D eigenvalue weighted by molar-refractivity contribution is -0.120. The third-order valence-corrected chi connectivity index (χ3v) is 2.29. The van der Waals surface area contributed by atoms with Gasteiger partial charge in [0.25, 0.3) is 5.91 Å². The molecular weight excluding hydrogens is 234 g/mol. The smallest absolute Gasteiger partial charge is 0.276 e. The van der Waals surface area contributed by atoms with E-state index in [-0.39, 0.29) is 11.6 Å². The van der Waals surface area contributed by atoms with E-state index in [4.69, 9.17) is 5.41 Å². The standard InChI is InChI=1S/C8H10BrN3O/c1-11-3-5-6(9)4-12(2)8(13)7(5)10/h3-4,10-11H,1-2H3/b5-3-,10-7?. The van der Waals surface area contributed by atoms with Gasteiger partial charge in [-0.25, -0.2) is 0 Å². The monoisotopic (exact) mass is 243 g/mol. The number of carbonyl (C=O) groups is 1. The summed E-state index contributed by atoms with van der Waals surface area (Å²) in [4.78, 5) is 12.7. The molecule has 4 nitrogen and oxygen atoms in total. The van der Waals surface area contributed by atoms with Crippen molar-refractivity contribution >= 4 is 27.5 Å². The number of nitrogens with one attached hydrogen (secondary N) is 2. The van der Waals surface area contributed by atoms with Gasteiger partial charge in [-0.1, -0.05) is 0 Å². The van der Waals surface area contributed by atoms with E-state index >= 15 is 0 Å². The number of allylic oxidation sites excluding steroid dienone is 1. The SMILES string of the molecule is CN/C=C1\C(=N)C(=O)N(C)C=C1Br. The molecule has 13 heavy (non-hydrogen) atoms. The molecule has 0 radical (unpaired) electrons. The summed E-state index contributed by atoms with van der Waals surface area (Å²) in [6.07, 6.45) is 3.26. The van der Waals surface area contributed by atoms with Gasteiger partial charge in [-0.2, -0.15) is 0 Å². The average molecular weight is 244 g/mol. The molecule has 1 amide bonds. The molecule has 5 heteroatoms. The summed E-state index contributed by atoms with van der Waals surface area (Å²) in [7, 11) is 3.34. The molecule has 1 rings (SSSR count). The number of carbonyl (C=O) groups excluding carboxylic acids is 1. The molecule has 0 spiro atoms. The second-order valence-electron chi connectivity index (χ2n) is 2.61. The molecule has 0 atom stereocenters. The number of nitrogens with zero attached hydrogens (tertiary/aromatic N) is 1. The van der Waals surface area contributed by atoms with Crippen LogP contribution in [0, 0.1) is 5.41 Å². The van der Waals surface area contributed by atoms with Gasteiger partial charge in [-0.15, -0.1) is 0 Å². The Balaban J connectivity index is 3.12.